The van der Waals surface area contributed by atoms with Crippen LogP contribution in [0, 0.1) is 0 Å². The molecule has 1 aliphatic heterocycles. The molecule has 2 heterocycles. The fourth-order valence-electron chi connectivity index (χ4n) is 2.11. The molecule has 5 heteroatoms. The van der Waals surface area contributed by atoms with Gasteiger partial charge in [-0.2, -0.15) is 0 Å². The highest BCUT2D eigenvalue weighted by atomic mass is 32.1. The van der Waals surface area contributed by atoms with Crippen LogP contribution in [0.25, 0.3) is 0 Å². The van der Waals surface area contributed by atoms with Crippen LogP contribution in [0.3, 0.4) is 0 Å². The molecule has 19 heavy (non-hydrogen) atoms. The van der Waals surface area contributed by atoms with Crippen molar-refractivity contribution in [1.82, 2.24) is 10.3 Å². The number of nitrogens with zero attached hydrogens (tertiary/aromatic N) is 2. The van der Waals surface area contributed by atoms with Gasteiger partial charge in [0.05, 0.1) is 24.9 Å². The molecule has 1 atom stereocenters. The number of nitrogens with one attached hydrogen (secondary N) is 1. The normalized spacial score (nSPS) is 20.8. The molecular weight excluding hydrogens is 258 g/mol. The van der Waals surface area contributed by atoms with E-state index in [4.69, 9.17) is 9.72 Å². The van der Waals surface area contributed by atoms with Gasteiger partial charge in [-0.1, -0.05) is 6.92 Å². The molecule has 1 unspecified atom stereocenters. The topological polar surface area (TPSA) is 37.4 Å². The number of hydrogen-bond donors (Lipinski definition) is 1. The number of thiazole rings is 1. The van der Waals surface area contributed by atoms with Crippen molar-refractivity contribution in [2.75, 3.05) is 24.7 Å². The number of morpholine rings is 1. The van der Waals surface area contributed by atoms with Gasteiger partial charge in [0, 0.05) is 24.0 Å². The molecule has 108 valence electrons. The van der Waals surface area contributed by atoms with E-state index in [-0.39, 0.29) is 5.54 Å². The summed E-state index contributed by atoms with van der Waals surface area (Å²) in [6.45, 7) is 12.2. The van der Waals surface area contributed by atoms with Crippen LogP contribution in [0.1, 0.15) is 39.8 Å². The number of rotatable bonds is 4. The van der Waals surface area contributed by atoms with Crippen LogP contribution in [0.2, 0.25) is 0 Å². The van der Waals surface area contributed by atoms with Crippen LogP contribution in [0.15, 0.2) is 5.38 Å². The number of anilines is 1. The largest absolute Gasteiger partial charge is 0.377 e. The lowest BCUT2D eigenvalue weighted by molar-refractivity contribution is 0.0929. The minimum absolute atomic E-state index is 0.134. The summed E-state index contributed by atoms with van der Waals surface area (Å²) in [6, 6.07) is 0.475. The van der Waals surface area contributed by atoms with Crippen molar-refractivity contribution >= 4 is 16.5 Å². The van der Waals surface area contributed by atoms with Gasteiger partial charge in [-0.15, -0.1) is 11.3 Å². The Bertz CT molecular complexity index is 400. The smallest absolute Gasteiger partial charge is 0.185 e. The summed E-state index contributed by atoms with van der Waals surface area (Å²) in [5.74, 6) is 0. The molecule has 0 radical (unpaired) electrons. The standard InChI is InChI=1S/C14H25N3OS/c1-5-12-9-18-7-6-17(12)13-16-11(10-19-13)8-15-14(2,3)4/h10,12,15H,5-9H2,1-4H3. The summed E-state index contributed by atoms with van der Waals surface area (Å²) in [5.41, 5.74) is 1.27. The zero-order valence-corrected chi connectivity index (χ0v) is 13.2. The van der Waals surface area contributed by atoms with Gasteiger partial charge in [0.25, 0.3) is 0 Å². The van der Waals surface area contributed by atoms with Gasteiger partial charge in [-0.3, -0.25) is 0 Å². The lowest BCUT2D eigenvalue weighted by Gasteiger charge is -2.34. The van der Waals surface area contributed by atoms with E-state index in [1.807, 2.05) is 0 Å². The number of ether oxygens (including phenoxy) is 1. The van der Waals surface area contributed by atoms with Crippen molar-refractivity contribution in [3.05, 3.63) is 11.1 Å². The van der Waals surface area contributed by atoms with E-state index in [9.17, 15) is 0 Å². The Balaban J connectivity index is 1.99. The lowest BCUT2D eigenvalue weighted by atomic mass is 10.1. The van der Waals surface area contributed by atoms with Gasteiger partial charge in [-0.05, 0) is 27.2 Å². The van der Waals surface area contributed by atoms with Crippen LogP contribution < -0.4 is 10.2 Å². The maximum Gasteiger partial charge on any atom is 0.185 e. The quantitative estimate of drug-likeness (QED) is 0.922. The van der Waals surface area contributed by atoms with Crippen molar-refractivity contribution in [1.29, 1.82) is 0 Å². The minimum atomic E-state index is 0.134. The maximum atomic E-state index is 5.55. The fourth-order valence-corrected chi connectivity index (χ4v) is 3.03. The summed E-state index contributed by atoms with van der Waals surface area (Å²) in [5, 5.41) is 6.78. The molecule has 1 aromatic heterocycles. The van der Waals surface area contributed by atoms with Crippen LogP contribution in [-0.2, 0) is 11.3 Å². The minimum Gasteiger partial charge on any atom is -0.377 e. The van der Waals surface area contributed by atoms with Gasteiger partial charge in [0.1, 0.15) is 0 Å². The molecular formula is C14H25N3OS. The number of hydrogen-bond acceptors (Lipinski definition) is 5. The molecule has 1 aromatic rings. The predicted molar refractivity (Wildman–Crippen MR) is 81.0 cm³/mol. The Labute approximate surface area is 120 Å². The van der Waals surface area contributed by atoms with Crippen molar-refractivity contribution in [3.63, 3.8) is 0 Å². The third kappa shape index (κ3) is 4.16. The molecule has 4 nitrogen and oxygen atoms in total. The summed E-state index contributed by atoms with van der Waals surface area (Å²) in [6.07, 6.45) is 1.11. The molecule has 2 rings (SSSR count). The molecule has 0 aliphatic carbocycles. The Morgan fingerprint density at radius 3 is 3.00 bits per heavy atom. The van der Waals surface area contributed by atoms with Gasteiger partial charge in [0.2, 0.25) is 0 Å². The zero-order chi connectivity index (χ0) is 13.9. The van der Waals surface area contributed by atoms with Gasteiger partial charge >= 0.3 is 0 Å². The van der Waals surface area contributed by atoms with Crippen molar-refractivity contribution in [3.8, 4) is 0 Å². The first-order valence-electron chi connectivity index (χ1n) is 7.03. The van der Waals surface area contributed by atoms with Gasteiger partial charge in [0.15, 0.2) is 5.13 Å². The fraction of sp³-hybridized carbons (Fsp3) is 0.786. The summed E-state index contributed by atoms with van der Waals surface area (Å²) in [7, 11) is 0. The molecule has 0 aromatic carbocycles. The highest BCUT2D eigenvalue weighted by molar-refractivity contribution is 7.13. The molecule has 0 spiro atoms. The Morgan fingerprint density at radius 1 is 1.53 bits per heavy atom. The molecule has 0 bridgehead atoms. The van der Waals surface area contributed by atoms with E-state index in [1.165, 1.54) is 0 Å². The Morgan fingerprint density at radius 2 is 2.32 bits per heavy atom. The van der Waals surface area contributed by atoms with E-state index in [0.717, 1.165) is 43.5 Å². The second kappa shape index (κ2) is 6.20. The van der Waals surface area contributed by atoms with E-state index < -0.39 is 0 Å². The predicted octanol–water partition coefficient (Wildman–Crippen LogP) is 2.65. The average molecular weight is 283 g/mol. The number of aromatic nitrogens is 1. The monoisotopic (exact) mass is 283 g/mol. The first-order valence-corrected chi connectivity index (χ1v) is 7.91. The molecule has 1 saturated heterocycles. The SMILES string of the molecule is CCC1COCCN1c1nc(CNC(C)(C)C)cs1. The molecule has 1 fully saturated rings. The van der Waals surface area contributed by atoms with Crippen LogP contribution in [0.5, 0.6) is 0 Å². The van der Waals surface area contributed by atoms with E-state index >= 15 is 0 Å². The molecule has 1 N–H and O–H groups in total. The zero-order valence-electron chi connectivity index (χ0n) is 12.4. The first kappa shape index (κ1) is 14.8. The second-order valence-corrected chi connectivity index (χ2v) is 6.89. The summed E-state index contributed by atoms with van der Waals surface area (Å²) in [4.78, 5) is 7.16. The van der Waals surface area contributed by atoms with Crippen molar-refractivity contribution in [2.24, 2.45) is 0 Å². The summed E-state index contributed by atoms with van der Waals surface area (Å²) < 4.78 is 5.55. The van der Waals surface area contributed by atoms with Crippen molar-refractivity contribution in [2.45, 2.75) is 52.2 Å². The van der Waals surface area contributed by atoms with Crippen LogP contribution in [-0.4, -0.2) is 36.3 Å². The van der Waals surface area contributed by atoms with Crippen LogP contribution in [0.4, 0.5) is 5.13 Å². The summed E-state index contributed by atoms with van der Waals surface area (Å²) >= 11 is 1.75. The molecule has 1 aliphatic rings. The van der Waals surface area contributed by atoms with Crippen molar-refractivity contribution < 1.29 is 4.74 Å². The van der Waals surface area contributed by atoms with Gasteiger partial charge < -0.3 is 15.0 Å². The highest BCUT2D eigenvalue weighted by Crippen LogP contribution is 2.25. The average Bonchev–Trinajstić information content (AvgIpc) is 2.84. The van der Waals surface area contributed by atoms with E-state index in [2.05, 4.69) is 43.3 Å². The van der Waals surface area contributed by atoms with Gasteiger partial charge in [-0.25, -0.2) is 4.98 Å². The third-order valence-corrected chi connectivity index (χ3v) is 4.21. The van der Waals surface area contributed by atoms with E-state index in [1.54, 1.807) is 11.3 Å². The van der Waals surface area contributed by atoms with E-state index in [0.29, 0.717) is 6.04 Å². The lowest BCUT2D eigenvalue weighted by Crippen LogP contribution is -2.45. The Kier molecular flexibility index (Phi) is 4.81. The third-order valence-electron chi connectivity index (χ3n) is 3.28. The maximum absolute atomic E-state index is 5.55. The molecule has 0 amide bonds. The highest BCUT2D eigenvalue weighted by Gasteiger charge is 2.24. The molecule has 0 saturated carbocycles. The van der Waals surface area contributed by atoms with Crippen LogP contribution >= 0.6 is 11.3 Å². The first-order chi connectivity index (χ1) is 8.99. The Hall–Kier alpha value is -0.650. The second-order valence-electron chi connectivity index (χ2n) is 6.06.